The van der Waals surface area contributed by atoms with E-state index in [0.29, 0.717) is 12.1 Å². The van der Waals surface area contributed by atoms with E-state index in [2.05, 4.69) is 16.0 Å². The summed E-state index contributed by atoms with van der Waals surface area (Å²) < 4.78 is 15.3. The molecule has 0 aliphatic carbocycles. The van der Waals surface area contributed by atoms with Gasteiger partial charge in [0.15, 0.2) is 5.65 Å². The van der Waals surface area contributed by atoms with Crippen molar-refractivity contribution in [2.75, 3.05) is 0 Å². The Morgan fingerprint density at radius 2 is 2.00 bits per heavy atom. The summed E-state index contributed by atoms with van der Waals surface area (Å²) in [6, 6.07) is 7.24. The number of rotatable bonds is 2. The highest BCUT2D eigenvalue weighted by molar-refractivity contribution is 5.71. The number of hydrogen-bond acceptors (Lipinski definition) is 2. The number of benzene rings is 1. The van der Waals surface area contributed by atoms with Crippen LogP contribution in [-0.2, 0) is 6.54 Å². The summed E-state index contributed by atoms with van der Waals surface area (Å²) in [5, 5.41) is 0. The van der Waals surface area contributed by atoms with Crippen molar-refractivity contribution >= 4 is 11.2 Å². The molecule has 0 spiro atoms. The highest BCUT2D eigenvalue weighted by atomic mass is 19.1. The number of pyridine rings is 1. The smallest absolute Gasteiger partial charge is 0.177 e. The Hall–Kier alpha value is -2.23. The van der Waals surface area contributed by atoms with Gasteiger partial charge in [-0.1, -0.05) is 12.1 Å². The molecule has 0 bridgehead atoms. The van der Waals surface area contributed by atoms with Crippen LogP contribution in [0.25, 0.3) is 11.2 Å². The van der Waals surface area contributed by atoms with Crippen LogP contribution in [0.5, 0.6) is 0 Å². The minimum atomic E-state index is -0.170. The molecule has 96 valence electrons. The van der Waals surface area contributed by atoms with E-state index in [4.69, 9.17) is 0 Å². The lowest BCUT2D eigenvalue weighted by Gasteiger charge is -2.06. The zero-order chi connectivity index (χ0) is 13.4. The van der Waals surface area contributed by atoms with Crippen molar-refractivity contribution in [3.63, 3.8) is 0 Å². The maximum Gasteiger partial charge on any atom is 0.177 e. The zero-order valence-corrected chi connectivity index (χ0v) is 10.9. The standard InChI is InChI=1S/C15H14FN3/c1-10-5-14-15(17-7-10)18-9-19(14)8-12-3-4-13(16)11(2)6-12/h3-7,9H,8H2,1-2H3. The second-order valence-corrected chi connectivity index (χ2v) is 4.81. The van der Waals surface area contributed by atoms with Crippen LogP contribution in [0.4, 0.5) is 4.39 Å². The summed E-state index contributed by atoms with van der Waals surface area (Å²) >= 11 is 0. The van der Waals surface area contributed by atoms with Gasteiger partial charge < -0.3 is 4.57 Å². The summed E-state index contributed by atoms with van der Waals surface area (Å²) in [6.07, 6.45) is 3.58. The van der Waals surface area contributed by atoms with Gasteiger partial charge in [0.1, 0.15) is 5.82 Å². The molecule has 0 aliphatic heterocycles. The predicted molar refractivity (Wildman–Crippen MR) is 72.5 cm³/mol. The number of hydrogen-bond donors (Lipinski definition) is 0. The first-order chi connectivity index (χ1) is 9.13. The lowest BCUT2D eigenvalue weighted by Crippen LogP contribution is -1.99. The van der Waals surface area contributed by atoms with E-state index in [0.717, 1.165) is 22.3 Å². The van der Waals surface area contributed by atoms with Gasteiger partial charge in [0.2, 0.25) is 0 Å². The number of nitrogens with zero attached hydrogens (tertiary/aromatic N) is 3. The summed E-state index contributed by atoms with van der Waals surface area (Å²) in [5.74, 6) is -0.170. The number of imidazole rings is 1. The molecule has 0 amide bonds. The number of aryl methyl sites for hydroxylation is 2. The van der Waals surface area contributed by atoms with Gasteiger partial charge in [-0.3, -0.25) is 0 Å². The normalized spacial score (nSPS) is 11.1. The molecule has 2 heterocycles. The minimum Gasteiger partial charge on any atom is -0.325 e. The maximum absolute atomic E-state index is 13.3. The number of halogens is 1. The summed E-state index contributed by atoms with van der Waals surface area (Å²) in [4.78, 5) is 8.56. The Balaban J connectivity index is 2.00. The van der Waals surface area contributed by atoms with Crippen molar-refractivity contribution in [2.24, 2.45) is 0 Å². The van der Waals surface area contributed by atoms with Gasteiger partial charge in [-0.15, -0.1) is 0 Å². The van der Waals surface area contributed by atoms with Gasteiger partial charge >= 0.3 is 0 Å². The van der Waals surface area contributed by atoms with E-state index in [9.17, 15) is 4.39 Å². The SMILES string of the molecule is Cc1cnc2ncn(Cc3ccc(F)c(C)c3)c2c1. The fraction of sp³-hybridized carbons (Fsp3) is 0.200. The molecule has 3 rings (SSSR count). The monoisotopic (exact) mass is 255 g/mol. The Labute approximate surface area is 110 Å². The van der Waals surface area contributed by atoms with Gasteiger partial charge in [-0.2, -0.15) is 0 Å². The van der Waals surface area contributed by atoms with Crippen molar-refractivity contribution in [2.45, 2.75) is 20.4 Å². The van der Waals surface area contributed by atoms with E-state index < -0.39 is 0 Å². The van der Waals surface area contributed by atoms with Crippen molar-refractivity contribution in [3.8, 4) is 0 Å². The van der Waals surface area contributed by atoms with E-state index in [-0.39, 0.29) is 5.82 Å². The molecule has 0 saturated heterocycles. The minimum absolute atomic E-state index is 0.170. The van der Waals surface area contributed by atoms with Gasteiger partial charge in [0.25, 0.3) is 0 Å². The van der Waals surface area contributed by atoms with Crippen LogP contribution in [-0.4, -0.2) is 14.5 Å². The third kappa shape index (κ3) is 2.21. The van der Waals surface area contributed by atoms with Crippen LogP contribution in [0.3, 0.4) is 0 Å². The molecule has 2 aromatic heterocycles. The third-order valence-corrected chi connectivity index (χ3v) is 3.19. The second-order valence-electron chi connectivity index (χ2n) is 4.81. The van der Waals surface area contributed by atoms with E-state index in [1.165, 1.54) is 6.07 Å². The average molecular weight is 255 g/mol. The lowest BCUT2D eigenvalue weighted by molar-refractivity contribution is 0.617. The molecular formula is C15H14FN3. The van der Waals surface area contributed by atoms with Crippen LogP contribution < -0.4 is 0 Å². The first-order valence-electron chi connectivity index (χ1n) is 6.16. The second kappa shape index (κ2) is 4.46. The quantitative estimate of drug-likeness (QED) is 0.703. The molecular weight excluding hydrogens is 241 g/mol. The summed E-state index contributed by atoms with van der Waals surface area (Å²) in [7, 11) is 0. The van der Waals surface area contributed by atoms with E-state index >= 15 is 0 Å². The molecule has 1 aromatic carbocycles. The molecule has 0 N–H and O–H groups in total. The fourth-order valence-electron chi connectivity index (χ4n) is 2.17. The molecule has 3 aromatic rings. The number of fused-ring (bicyclic) bond motifs is 1. The van der Waals surface area contributed by atoms with E-state index in [1.807, 2.05) is 23.8 Å². The first kappa shape index (κ1) is 11.8. The molecule has 0 aliphatic rings. The molecule has 0 radical (unpaired) electrons. The highest BCUT2D eigenvalue weighted by Gasteiger charge is 2.05. The lowest BCUT2D eigenvalue weighted by atomic mass is 10.1. The largest absolute Gasteiger partial charge is 0.325 e. The fourth-order valence-corrected chi connectivity index (χ4v) is 2.17. The van der Waals surface area contributed by atoms with Crippen molar-refractivity contribution in [3.05, 3.63) is 59.3 Å². The summed E-state index contributed by atoms with van der Waals surface area (Å²) in [6.45, 7) is 4.45. The van der Waals surface area contributed by atoms with Crippen LogP contribution in [0.1, 0.15) is 16.7 Å². The average Bonchev–Trinajstić information content (AvgIpc) is 2.77. The number of aromatic nitrogens is 3. The molecule has 3 nitrogen and oxygen atoms in total. The molecule has 4 heteroatoms. The molecule has 0 fully saturated rings. The van der Waals surface area contributed by atoms with Crippen LogP contribution in [0, 0.1) is 19.7 Å². The third-order valence-electron chi connectivity index (χ3n) is 3.19. The molecule has 0 saturated carbocycles. The highest BCUT2D eigenvalue weighted by Crippen LogP contribution is 2.15. The Bertz CT molecular complexity index is 746. The van der Waals surface area contributed by atoms with Crippen molar-refractivity contribution < 1.29 is 4.39 Å². The zero-order valence-electron chi connectivity index (χ0n) is 10.9. The maximum atomic E-state index is 13.3. The molecule has 0 unspecified atom stereocenters. The van der Waals surface area contributed by atoms with E-state index in [1.54, 1.807) is 19.3 Å². The topological polar surface area (TPSA) is 30.7 Å². The van der Waals surface area contributed by atoms with Crippen LogP contribution in [0.15, 0.2) is 36.8 Å². The van der Waals surface area contributed by atoms with Crippen molar-refractivity contribution in [1.29, 1.82) is 0 Å². The Kier molecular flexibility index (Phi) is 2.78. The Morgan fingerprint density at radius 3 is 2.79 bits per heavy atom. The predicted octanol–water partition coefficient (Wildman–Crippen LogP) is 3.24. The summed E-state index contributed by atoms with van der Waals surface area (Å²) in [5.41, 5.74) is 4.56. The first-order valence-corrected chi connectivity index (χ1v) is 6.16. The van der Waals surface area contributed by atoms with Crippen LogP contribution >= 0.6 is 0 Å². The van der Waals surface area contributed by atoms with Gasteiger partial charge in [0.05, 0.1) is 11.8 Å². The Morgan fingerprint density at radius 1 is 1.16 bits per heavy atom. The van der Waals surface area contributed by atoms with Gasteiger partial charge in [-0.25, -0.2) is 14.4 Å². The molecule has 0 atom stereocenters. The van der Waals surface area contributed by atoms with Gasteiger partial charge in [-0.05, 0) is 42.7 Å². The molecule has 19 heavy (non-hydrogen) atoms. The van der Waals surface area contributed by atoms with Gasteiger partial charge in [0, 0.05) is 12.7 Å². The van der Waals surface area contributed by atoms with Crippen molar-refractivity contribution in [1.82, 2.24) is 14.5 Å². The van der Waals surface area contributed by atoms with Crippen LogP contribution in [0.2, 0.25) is 0 Å².